The highest BCUT2D eigenvalue weighted by atomic mass is 32.1. The number of thiocarbonyl (C=S) groups is 1. The van der Waals surface area contributed by atoms with E-state index >= 15 is 0 Å². The number of rotatable bonds is 5. The molecular weight excluding hydrogens is 386 g/mol. The molecule has 2 aromatic rings. The van der Waals surface area contributed by atoms with E-state index in [4.69, 9.17) is 17.0 Å². The van der Waals surface area contributed by atoms with Gasteiger partial charge in [0, 0.05) is 22.9 Å². The van der Waals surface area contributed by atoms with Crippen LogP contribution in [0.25, 0.3) is 0 Å². The van der Waals surface area contributed by atoms with E-state index in [-0.39, 0.29) is 23.0 Å². The monoisotopic (exact) mass is 411 g/mol. The zero-order valence-corrected chi connectivity index (χ0v) is 17.2. The van der Waals surface area contributed by atoms with Gasteiger partial charge < -0.3 is 15.4 Å². The van der Waals surface area contributed by atoms with Crippen LogP contribution in [0, 0.1) is 0 Å². The van der Waals surface area contributed by atoms with Crippen LogP contribution in [0.3, 0.4) is 0 Å². The van der Waals surface area contributed by atoms with E-state index in [1.54, 1.807) is 55.6 Å². The molecule has 0 saturated heterocycles. The van der Waals surface area contributed by atoms with Crippen molar-refractivity contribution in [3.8, 4) is 5.75 Å². The zero-order chi connectivity index (χ0) is 20.6. The molecule has 152 valence electrons. The average Bonchev–Trinajstić information content (AvgIpc) is 2.74. The molecule has 0 heterocycles. The van der Waals surface area contributed by atoms with Gasteiger partial charge in [0.2, 0.25) is 0 Å². The summed E-state index contributed by atoms with van der Waals surface area (Å²) in [6, 6.07) is 14.1. The Morgan fingerprint density at radius 2 is 1.69 bits per heavy atom. The third-order valence-corrected chi connectivity index (χ3v) is 5.11. The maximum Gasteiger partial charge on any atom is 0.257 e. The normalized spacial score (nSPS) is 14.0. The molecule has 3 rings (SSSR count). The van der Waals surface area contributed by atoms with Crippen molar-refractivity contribution in [2.45, 2.75) is 38.1 Å². The lowest BCUT2D eigenvalue weighted by Gasteiger charge is -2.22. The van der Waals surface area contributed by atoms with Gasteiger partial charge in [-0.05, 0) is 67.5 Å². The Morgan fingerprint density at radius 1 is 0.966 bits per heavy atom. The Bertz CT molecular complexity index is 877. The van der Waals surface area contributed by atoms with Crippen molar-refractivity contribution in [3.05, 3.63) is 59.7 Å². The lowest BCUT2D eigenvalue weighted by Crippen LogP contribution is -2.36. The molecule has 1 fully saturated rings. The second-order valence-electron chi connectivity index (χ2n) is 7.03. The first kappa shape index (κ1) is 20.8. The first-order valence-electron chi connectivity index (χ1n) is 9.72. The van der Waals surface area contributed by atoms with Gasteiger partial charge in [0.15, 0.2) is 5.11 Å². The fourth-order valence-corrected chi connectivity index (χ4v) is 3.54. The van der Waals surface area contributed by atoms with Crippen LogP contribution in [-0.2, 0) is 0 Å². The summed E-state index contributed by atoms with van der Waals surface area (Å²) in [6.45, 7) is 0. The van der Waals surface area contributed by atoms with Crippen LogP contribution in [0.5, 0.6) is 5.75 Å². The number of benzene rings is 2. The Kier molecular flexibility index (Phi) is 7.19. The van der Waals surface area contributed by atoms with E-state index in [0.29, 0.717) is 22.6 Å². The maximum absolute atomic E-state index is 12.5. The topological polar surface area (TPSA) is 79.5 Å². The molecule has 29 heavy (non-hydrogen) atoms. The van der Waals surface area contributed by atoms with Crippen molar-refractivity contribution >= 4 is 34.8 Å². The molecule has 3 N–H and O–H groups in total. The number of carbonyl (C=O) groups excluding carboxylic acids is 2. The van der Waals surface area contributed by atoms with Crippen LogP contribution in [0.15, 0.2) is 48.5 Å². The minimum atomic E-state index is -0.323. The predicted molar refractivity (Wildman–Crippen MR) is 117 cm³/mol. The van der Waals surface area contributed by atoms with Gasteiger partial charge in [-0.2, -0.15) is 0 Å². The number of methoxy groups -OCH3 is 1. The molecule has 7 heteroatoms. The molecule has 0 unspecified atom stereocenters. The number of nitrogens with one attached hydrogen (secondary N) is 3. The summed E-state index contributed by atoms with van der Waals surface area (Å²) in [5.74, 6) is 0.260. The van der Waals surface area contributed by atoms with Crippen molar-refractivity contribution in [1.29, 1.82) is 0 Å². The fourth-order valence-electron chi connectivity index (χ4n) is 3.33. The Labute approximate surface area is 176 Å². The zero-order valence-electron chi connectivity index (χ0n) is 16.4. The quantitative estimate of drug-likeness (QED) is 0.651. The van der Waals surface area contributed by atoms with Crippen LogP contribution in [0.4, 0.5) is 5.69 Å². The second kappa shape index (κ2) is 10.0. The summed E-state index contributed by atoms with van der Waals surface area (Å²) >= 11 is 5.23. The molecule has 0 spiro atoms. The molecule has 1 aliphatic rings. The summed E-state index contributed by atoms with van der Waals surface area (Å²) in [4.78, 5) is 24.8. The van der Waals surface area contributed by atoms with Crippen LogP contribution in [-0.4, -0.2) is 30.1 Å². The highest BCUT2D eigenvalue weighted by molar-refractivity contribution is 7.80. The van der Waals surface area contributed by atoms with Gasteiger partial charge in [-0.3, -0.25) is 14.9 Å². The van der Waals surface area contributed by atoms with Gasteiger partial charge in [0.25, 0.3) is 11.8 Å². The Hall–Kier alpha value is -2.93. The molecule has 1 aliphatic carbocycles. The van der Waals surface area contributed by atoms with Crippen molar-refractivity contribution < 1.29 is 14.3 Å². The number of anilines is 1. The van der Waals surface area contributed by atoms with Crippen molar-refractivity contribution in [1.82, 2.24) is 10.6 Å². The van der Waals surface area contributed by atoms with Crippen LogP contribution in [0.1, 0.15) is 52.8 Å². The molecule has 2 amide bonds. The third-order valence-electron chi connectivity index (χ3n) is 4.90. The second-order valence-corrected chi connectivity index (χ2v) is 7.43. The largest absolute Gasteiger partial charge is 0.497 e. The first-order valence-corrected chi connectivity index (χ1v) is 10.1. The highest BCUT2D eigenvalue weighted by Gasteiger charge is 2.17. The first-order chi connectivity index (χ1) is 14.0. The van der Waals surface area contributed by atoms with E-state index in [1.165, 1.54) is 6.42 Å². The number of hydrogen-bond donors (Lipinski definition) is 3. The minimum Gasteiger partial charge on any atom is -0.497 e. The minimum absolute atomic E-state index is 0.0891. The van der Waals surface area contributed by atoms with E-state index < -0.39 is 0 Å². The predicted octanol–water partition coefficient (Wildman–Crippen LogP) is 3.88. The van der Waals surface area contributed by atoms with Gasteiger partial charge in [0.1, 0.15) is 5.75 Å². The average molecular weight is 412 g/mol. The molecule has 1 saturated carbocycles. The van der Waals surface area contributed by atoms with Crippen molar-refractivity contribution in [2.24, 2.45) is 0 Å². The molecule has 0 aromatic heterocycles. The Morgan fingerprint density at radius 3 is 2.38 bits per heavy atom. The van der Waals surface area contributed by atoms with Gasteiger partial charge in [-0.25, -0.2) is 0 Å². The molecular formula is C22H25N3O3S. The highest BCUT2D eigenvalue weighted by Crippen LogP contribution is 2.18. The molecule has 0 radical (unpaired) electrons. The van der Waals surface area contributed by atoms with Gasteiger partial charge >= 0.3 is 0 Å². The van der Waals surface area contributed by atoms with E-state index in [2.05, 4.69) is 16.0 Å². The fraction of sp³-hybridized carbons (Fsp3) is 0.318. The van der Waals surface area contributed by atoms with Gasteiger partial charge in [0.05, 0.1) is 7.11 Å². The van der Waals surface area contributed by atoms with Crippen molar-refractivity contribution in [2.75, 3.05) is 12.4 Å². The lowest BCUT2D eigenvalue weighted by molar-refractivity contribution is 0.0926. The summed E-state index contributed by atoms with van der Waals surface area (Å²) in [6.07, 6.45) is 5.63. The molecule has 2 aromatic carbocycles. The molecule has 0 atom stereocenters. The summed E-state index contributed by atoms with van der Waals surface area (Å²) in [5, 5.41) is 8.86. The standard InChI is InChI=1S/C22H25N3O3S/c1-28-19-12-10-15(11-13-19)20(26)25-22(29)24-18-9-5-6-16(14-18)21(27)23-17-7-3-2-4-8-17/h5-6,9-14,17H,2-4,7-8H2,1H3,(H,23,27)(H2,24,25,26,29). The lowest BCUT2D eigenvalue weighted by atomic mass is 9.95. The van der Waals surface area contributed by atoms with E-state index in [0.717, 1.165) is 25.7 Å². The maximum atomic E-state index is 12.5. The van der Waals surface area contributed by atoms with E-state index in [1.807, 2.05) is 0 Å². The third kappa shape index (κ3) is 6.02. The summed E-state index contributed by atoms with van der Waals surface area (Å²) in [7, 11) is 1.57. The van der Waals surface area contributed by atoms with Crippen molar-refractivity contribution in [3.63, 3.8) is 0 Å². The SMILES string of the molecule is COc1ccc(C(=O)NC(=S)Nc2cccc(C(=O)NC3CCCCC3)c2)cc1. The van der Waals surface area contributed by atoms with Crippen LogP contribution >= 0.6 is 12.2 Å². The molecule has 0 aliphatic heterocycles. The summed E-state index contributed by atoms with van der Waals surface area (Å²) in [5.41, 5.74) is 1.67. The molecule has 6 nitrogen and oxygen atoms in total. The van der Waals surface area contributed by atoms with Gasteiger partial charge in [-0.1, -0.05) is 25.3 Å². The number of ether oxygens (including phenoxy) is 1. The number of hydrogen-bond acceptors (Lipinski definition) is 4. The Balaban J connectivity index is 1.56. The van der Waals surface area contributed by atoms with E-state index in [9.17, 15) is 9.59 Å². The van der Waals surface area contributed by atoms with Crippen LogP contribution < -0.4 is 20.7 Å². The number of carbonyl (C=O) groups is 2. The number of amides is 2. The van der Waals surface area contributed by atoms with Crippen LogP contribution in [0.2, 0.25) is 0 Å². The smallest absolute Gasteiger partial charge is 0.257 e. The molecule has 0 bridgehead atoms. The summed E-state index contributed by atoms with van der Waals surface area (Å²) < 4.78 is 5.08. The van der Waals surface area contributed by atoms with Gasteiger partial charge in [-0.15, -0.1) is 0 Å².